The molecule has 0 atom stereocenters. The van der Waals surface area contributed by atoms with Gasteiger partial charge in [-0.15, -0.1) is 6.42 Å². The van der Waals surface area contributed by atoms with Crippen molar-refractivity contribution < 1.29 is 9.53 Å². The Morgan fingerprint density at radius 1 is 1.27 bits per heavy atom. The summed E-state index contributed by atoms with van der Waals surface area (Å²) in [4.78, 5) is 25.9. The van der Waals surface area contributed by atoms with Crippen LogP contribution in [0.4, 0.5) is 5.69 Å². The van der Waals surface area contributed by atoms with Crippen LogP contribution >= 0.6 is 0 Å². The second-order valence-corrected chi connectivity index (χ2v) is 5.76. The first kappa shape index (κ1) is 17.4. The number of hydrogen-bond acceptors (Lipinski definition) is 6. The largest absolute Gasteiger partial charge is 0.480 e. The van der Waals surface area contributed by atoms with E-state index in [9.17, 15) is 4.79 Å². The van der Waals surface area contributed by atoms with Gasteiger partial charge >= 0.3 is 0 Å². The maximum absolute atomic E-state index is 10.8. The summed E-state index contributed by atoms with van der Waals surface area (Å²) in [6.45, 7) is 2.79. The van der Waals surface area contributed by atoms with E-state index in [1.165, 1.54) is 0 Å². The Bertz CT molecular complexity index is 978. The average Bonchev–Trinajstić information content (AvgIpc) is 2.67. The van der Waals surface area contributed by atoms with E-state index in [0.29, 0.717) is 36.0 Å². The number of methoxy groups -OCH3 is 1. The van der Waals surface area contributed by atoms with Crippen molar-refractivity contribution in [1.82, 2.24) is 15.0 Å². The van der Waals surface area contributed by atoms with Crippen molar-refractivity contribution in [3.63, 3.8) is 0 Å². The molecule has 0 fully saturated rings. The van der Waals surface area contributed by atoms with E-state index in [4.69, 9.17) is 11.2 Å². The number of carbonyl (C=O) groups excluding carboxylic acids is 1. The highest BCUT2D eigenvalue weighted by atomic mass is 16.5. The molecule has 6 nitrogen and oxygen atoms in total. The number of aldehydes is 1. The topological polar surface area (TPSA) is 68.2 Å². The van der Waals surface area contributed by atoms with Crippen LogP contribution in [0.5, 0.6) is 5.88 Å². The summed E-state index contributed by atoms with van der Waals surface area (Å²) >= 11 is 0. The van der Waals surface area contributed by atoms with Gasteiger partial charge < -0.3 is 9.64 Å². The van der Waals surface area contributed by atoms with E-state index in [2.05, 4.69) is 20.9 Å². The third-order valence-corrected chi connectivity index (χ3v) is 3.93. The zero-order chi connectivity index (χ0) is 18.5. The van der Waals surface area contributed by atoms with Crippen LogP contribution in [0, 0.1) is 19.3 Å². The molecule has 0 bridgehead atoms. The predicted molar refractivity (Wildman–Crippen MR) is 100 cm³/mol. The number of aromatic nitrogens is 3. The lowest BCUT2D eigenvalue weighted by molar-refractivity contribution is 0.112. The van der Waals surface area contributed by atoms with Gasteiger partial charge in [-0.2, -0.15) is 4.98 Å². The van der Waals surface area contributed by atoms with Crippen LogP contribution in [-0.2, 0) is 6.54 Å². The molecular formula is C20H18N4O2. The minimum absolute atomic E-state index is 0.431. The van der Waals surface area contributed by atoms with Gasteiger partial charge in [-0.3, -0.25) is 4.79 Å². The van der Waals surface area contributed by atoms with Crippen molar-refractivity contribution >= 4 is 23.0 Å². The molecule has 0 radical (unpaired) electrons. The molecule has 0 aliphatic carbocycles. The van der Waals surface area contributed by atoms with Gasteiger partial charge in [0.1, 0.15) is 12.1 Å². The molecule has 0 amide bonds. The van der Waals surface area contributed by atoms with Crippen molar-refractivity contribution in [3.05, 3.63) is 53.5 Å². The molecule has 0 saturated heterocycles. The van der Waals surface area contributed by atoms with Crippen molar-refractivity contribution in [2.24, 2.45) is 0 Å². The number of benzene rings is 1. The van der Waals surface area contributed by atoms with Crippen LogP contribution in [0.25, 0.3) is 11.0 Å². The number of ether oxygens (including phenoxy) is 1. The second-order valence-electron chi connectivity index (χ2n) is 5.76. The molecule has 0 spiro atoms. The summed E-state index contributed by atoms with van der Waals surface area (Å²) in [5, 5.41) is 0.757. The molecule has 0 unspecified atom stereocenters. The number of anilines is 1. The highest BCUT2D eigenvalue weighted by Crippen LogP contribution is 2.23. The number of hydrogen-bond donors (Lipinski definition) is 0. The molecule has 3 rings (SSSR count). The van der Waals surface area contributed by atoms with Gasteiger partial charge in [0.05, 0.1) is 19.0 Å². The van der Waals surface area contributed by atoms with Gasteiger partial charge in [-0.25, -0.2) is 9.97 Å². The van der Waals surface area contributed by atoms with Gasteiger partial charge in [-0.05, 0) is 42.8 Å². The monoisotopic (exact) mass is 346 g/mol. The standard InChI is InChI=1S/C20H18N4O2/c1-4-9-24(17-7-5-15(13-25)6-8-17)12-16-10-18-19(21-11-16)22-14(2)23-20(18)26-3/h1,5-8,10-11,13H,9,12H2,2-3H3. The first-order valence-corrected chi connectivity index (χ1v) is 8.05. The number of rotatable bonds is 6. The van der Waals surface area contributed by atoms with Gasteiger partial charge in [0.2, 0.25) is 5.88 Å². The molecule has 0 aliphatic heterocycles. The Labute approximate surface area is 151 Å². The molecule has 0 saturated carbocycles. The second kappa shape index (κ2) is 7.62. The Hall–Kier alpha value is -3.46. The van der Waals surface area contributed by atoms with E-state index in [1.807, 2.05) is 23.1 Å². The van der Waals surface area contributed by atoms with Crippen LogP contribution < -0.4 is 9.64 Å². The van der Waals surface area contributed by atoms with E-state index < -0.39 is 0 Å². The van der Waals surface area contributed by atoms with Crippen LogP contribution in [-0.4, -0.2) is 34.9 Å². The fourth-order valence-corrected chi connectivity index (χ4v) is 2.71. The summed E-state index contributed by atoms with van der Waals surface area (Å²) in [5.41, 5.74) is 3.11. The van der Waals surface area contributed by atoms with Gasteiger partial charge in [0.15, 0.2) is 5.65 Å². The number of nitrogens with zero attached hydrogens (tertiary/aromatic N) is 4. The smallest absolute Gasteiger partial charge is 0.226 e. The molecule has 1 aromatic carbocycles. The van der Waals surface area contributed by atoms with E-state index in [-0.39, 0.29) is 0 Å². The Kier molecular flexibility index (Phi) is 5.09. The predicted octanol–water partition coefficient (Wildman–Crippen LogP) is 2.79. The number of aryl methyl sites for hydroxylation is 1. The van der Waals surface area contributed by atoms with Crippen LogP contribution in [0.15, 0.2) is 36.5 Å². The van der Waals surface area contributed by atoms with E-state index in [1.54, 1.807) is 32.4 Å². The maximum atomic E-state index is 10.8. The van der Waals surface area contributed by atoms with E-state index in [0.717, 1.165) is 22.9 Å². The van der Waals surface area contributed by atoms with Gasteiger partial charge in [0, 0.05) is 24.0 Å². The number of carbonyl (C=O) groups is 1. The lowest BCUT2D eigenvalue weighted by atomic mass is 10.1. The molecule has 2 heterocycles. The van der Waals surface area contributed by atoms with Gasteiger partial charge in [0.25, 0.3) is 0 Å². The minimum Gasteiger partial charge on any atom is -0.480 e. The summed E-state index contributed by atoms with van der Waals surface area (Å²) < 4.78 is 5.36. The SMILES string of the molecule is C#CCN(Cc1cnc2nc(C)nc(OC)c2c1)c1ccc(C=O)cc1. The molecule has 0 N–H and O–H groups in total. The molecule has 0 aliphatic rings. The summed E-state index contributed by atoms with van der Waals surface area (Å²) in [7, 11) is 1.58. The number of fused-ring (bicyclic) bond motifs is 1. The fraction of sp³-hybridized carbons (Fsp3) is 0.200. The minimum atomic E-state index is 0.431. The molecule has 130 valence electrons. The van der Waals surface area contributed by atoms with Crippen LogP contribution in [0.2, 0.25) is 0 Å². The first-order valence-electron chi connectivity index (χ1n) is 8.05. The lowest BCUT2D eigenvalue weighted by Crippen LogP contribution is -2.23. The number of pyridine rings is 1. The van der Waals surface area contributed by atoms with E-state index >= 15 is 0 Å². The molecule has 26 heavy (non-hydrogen) atoms. The summed E-state index contributed by atoms with van der Waals surface area (Å²) in [6.07, 6.45) is 8.12. The van der Waals surface area contributed by atoms with Crippen molar-refractivity contribution in [3.8, 4) is 18.2 Å². The highest BCUT2D eigenvalue weighted by molar-refractivity contribution is 5.80. The lowest BCUT2D eigenvalue weighted by Gasteiger charge is -2.22. The normalized spacial score (nSPS) is 10.3. The molecule has 2 aromatic heterocycles. The fourth-order valence-electron chi connectivity index (χ4n) is 2.71. The summed E-state index contributed by atoms with van der Waals surface area (Å²) in [6, 6.07) is 9.25. The highest BCUT2D eigenvalue weighted by Gasteiger charge is 2.11. The third kappa shape index (κ3) is 3.62. The third-order valence-electron chi connectivity index (χ3n) is 3.93. The van der Waals surface area contributed by atoms with Crippen molar-refractivity contribution in [2.45, 2.75) is 13.5 Å². The maximum Gasteiger partial charge on any atom is 0.226 e. The van der Waals surface area contributed by atoms with Crippen molar-refractivity contribution in [2.75, 3.05) is 18.6 Å². The molecular weight excluding hydrogens is 328 g/mol. The quantitative estimate of drug-likeness (QED) is 0.505. The Balaban J connectivity index is 1.94. The molecule has 3 aromatic rings. The average molecular weight is 346 g/mol. The van der Waals surface area contributed by atoms with Gasteiger partial charge in [-0.1, -0.05) is 5.92 Å². The first-order chi connectivity index (χ1) is 12.6. The Morgan fingerprint density at radius 2 is 2.04 bits per heavy atom. The van der Waals surface area contributed by atoms with Crippen LogP contribution in [0.1, 0.15) is 21.7 Å². The molecule has 6 heteroatoms. The zero-order valence-corrected chi connectivity index (χ0v) is 14.6. The number of terminal acetylenes is 1. The van der Waals surface area contributed by atoms with Crippen LogP contribution in [0.3, 0.4) is 0 Å². The van der Waals surface area contributed by atoms with Crippen molar-refractivity contribution in [1.29, 1.82) is 0 Å². The Morgan fingerprint density at radius 3 is 2.69 bits per heavy atom. The summed E-state index contributed by atoms with van der Waals surface area (Å²) in [5.74, 6) is 3.78. The zero-order valence-electron chi connectivity index (χ0n) is 14.6.